The molecule has 0 aliphatic rings. The van der Waals surface area contributed by atoms with Gasteiger partial charge in [-0.1, -0.05) is 78.1 Å². The topological polar surface area (TPSA) is 62.5 Å². The van der Waals surface area contributed by atoms with Crippen molar-refractivity contribution in [2.24, 2.45) is 0 Å². The SMILES string of the molecule is CCCCCCCCOc1cc(O)c(C#N)cc1OCCCCCCCC. The number of hydrogen-bond donors (Lipinski definition) is 1. The van der Waals surface area contributed by atoms with Crippen LogP contribution in [0.4, 0.5) is 0 Å². The zero-order valence-corrected chi connectivity index (χ0v) is 17.3. The first-order valence-electron chi connectivity index (χ1n) is 10.8. The Bertz CT molecular complexity index is 551. The molecule has 4 heteroatoms. The normalized spacial score (nSPS) is 10.6. The molecule has 1 aromatic carbocycles. The van der Waals surface area contributed by atoms with E-state index >= 15 is 0 Å². The van der Waals surface area contributed by atoms with E-state index in [4.69, 9.17) is 14.7 Å². The molecule has 0 bridgehead atoms. The minimum atomic E-state index is -0.0534. The van der Waals surface area contributed by atoms with E-state index in [0.717, 1.165) is 25.7 Å². The van der Waals surface area contributed by atoms with Gasteiger partial charge in [0.05, 0.1) is 18.8 Å². The maximum Gasteiger partial charge on any atom is 0.164 e. The van der Waals surface area contributed by atoms with Crippen LogP contribution in [-0.2, 0) is 0 Å². The fourth-order valence-corrected chi connectivity index (χ4v) is 2.99. The number of phenolic OH excluding ortho intramolecular Hbond substituents is 1. The number of aromatic hydroxyl groups is 1. The number of nitrogens with zero attached hydrogens (tertiary/aromatic N) is 1. The average molecular weight is 376 g/mol. The number of benzene rings is 1. The van der Waals surface area contributed by atoms with Gasteiger partial charge in [-0.15, -0.1) is 0 Å². The van der Waals surface area contributed by atoms with E-state index in [1.165, 1.54) is 57.4 Å². The molecule has 4 nitrogen and oxygen atoms in total. The van der Waals surface area contributed by atoms with Gasteiger partial charge in [0.2, 0.25) is 0 Å². The summed E-state index contributed by atoms with van der Waals surface area (Å²) in [6.07, 6.45) is 14.4. The van der Waals surface area contributed by atoms with Gasteiger partial charge >= 0.3 is 0 Å². The summed E-state index contributed by atoms with van der Waals surface area (Å²) in [6.45, 7) is 5.64. The third-order valence-electron chi connectivity index (χ3n) is 4.69. The number of hydrogen-bond acceptors (Lipinski definition) is 4. The Balaban J connectivity index is 2.45. The predicted molar refractivity (Wildman–Crippen MR) is 111 cm³/mol. The maximum atomic E-state index is 9.95. The molecule has 0 spiro atoms. The van der Waals surface area contributed by atoms with Crippen molar-refractivity contribution in [1.82, 2.24) is 0 Å². The molecule has 1 aromatic rings. The standard InChI is InChI=1S/C23H37NO3/c1-3-5-7-9-11-13-15-26-22-17-20(19-24)21(25)18-23(22)27-16-14-12-10-8-6-4-2/h17-18,25H,3-16H2,1-2H3. The van der Waals surface area contributed by atoms with Gasteiger partial charge in [-0.2, -0.15) is 5.26 Å². The number of unbranched alkanes of at least 4 members (excludes halogenated alkanes) is 10. The lowest BCUT2D eigenvalue weighted by Crippen LogP contribution is -2.03. The van der Waals surface area contributed by atoms with Crippen molar-refractivity contribution in [3.63, 3.8) is 0 Å². The lowest BCUT2D eigenvalue weighted by molar-refractivity contribution is 0.257. The molecule has 0 aromatic heterocycles. The number of phenols is 1. The molecule has 0 saturated heterocycles. The van der Waals surface area contributed by atoms with Gasteiger partial charge in [0, 0.05) is 12.1 Å². The zero-order valence-electron chi connectivity index (χ0n) is 17.3. The third-order valence-corrected chi connectivity index (χ3v) is 4.69. The van der Waals surface area contributed by atoms with Crippen molar-refractivity contribution in [3.8, 4) is 23.3 Å². The lowest BCUT2D eigenvalue weighted by atomic mass is 10.1. The zero-order chi connectivity index (χ0) is 19.7. The Labute approximate surface area is 165 Å². The smallest absolute Gasteiger partial charge is 0.164 e. The fraction of sp³-hybridized carbons (Fsp3) is 0.696. The summed E-state index contributed by atoms with van der Waals surface area (Å²) in [7, 11) is 0. The molecular weight excluding hydrogens is 338 g/mol. The highest BCUT2D eigenvalue weighted by Crippen LogP contribution is 2.34. The van der Waals surface area contributed by atoms with Crippen LogP contribution < -0.4 is 9.47 Å². The molecule has 152 valence electrons. The Morgan fingerprint density at radius 1 is 0.741 bits per heavy atom. The van der Waals surface area contributed by atoms with Crippen molar-refractivity contribution < 1.29 is 14.6 Å². The summed E-state index contributed by atoms with van der Waals surface area (Å²) in [5.74, 6) is 1.04. The molecule has 1 rings (SSSR count). The van der Waals surface area contributed by atoms with E-state index in [0.29, 0.717) is 24.7 Å². The summed E-state index contributed by atoms with van der Waals surface area (Å²) in [5.41, 5.74) is 0.222. The highest BCUT2D eigenvalue weighted by atomic mass is 16.5. The molecule has 0 aliphatic heterocycles. The first-order valence-corrected chi connectivity index (χ1v) is 10.8. The van der Waals surface area contributed by atoms with Gasteiger partial charge in [0.25, 0.3) is 0 Å². The number of ether oxygens (including phenoxy) is 2. The van der Waals surface area contributed by atoms with Crippen LogP contribution in [0, 0.1) is 11.3 Å². The van der Waals surface area contributed by atoms with Crippen molar-refractivity contribution in [2.75, 3.05) is 13.2 Å². The fourth-order valence-electron chi connectivity index (χ4n) is 2.99. The Hall–Kier alpha value is -1.89. The van der Waals surface area contributed by atoms with Crippen LogP contribution in [0.5, 0.6) is 17.2 Å². The summed E-state index contributed by atoms with van der Waals surface area (Å²) >= 11 is 0. The predicted octanol–water partition coefficient (Wildman–Crippen LogP) is 6.74. The van der Waals surface area contributed by atoms with E-state index in [-0.39, 0.29) is 11.3 Å². The maximum absolute atomic E-state index is 9.95. The third kappa shape index (κ3) is 10.1. The van der Waals surface area contributed by atoms with Crippen molar-refractivity contribution in [1.29, 1.82) is 5.26 Å². The summed E-state index contributed by atoms with van der Waals surface area (Å²) in [6, 6.07) is 5.09. The lowest BCUT2D eigenvalue weighted by Gasteiger charge is -2.14. The largest absolute Gasteiger partial charge is 0.506 e. The van der Waals surface area contributed by atoms with Crippen LogP contribution in [-0.4, -0.2) is 18.3 Å². The highest BCUT2D eigenvalue weighted by molar-refractivity contribution is 5.54. The first kappa shape index (κ1) is 23.1. The van der Waals surface area contributed by atoms with Gasteiger partial charge in [-0.3, -0.25) is 0 Å². The second-order valence-electron chi connectivity index (χ2n) is 7.16. The average Bonchev–Trinajstić information content (AvgIpc) is 2.67. The van der Waals surface area contributed by atoms with E-state index < -0.39 is 0 Å². The van der Waals surface area contributed by atoms with Crippen molar-refractivity contribution in [3.05, 3.63) is 17.7 Å². The molecule has 0 saturated carbocycles. The van der Waals surface area contributed by atoms with E-state index in [1.54, 1.807) is 6.07 Å². The van der Waals surface area contributed by atoms with Crippen LogP contribution >= 0.6 is 0 Å². The van der Waals surface area contributed by atoms with E-state index in [1.807, 2.05) is 6.07 Å². The second-order valence-corrected chi connectivity index (χ2v) is 7.16. The molecule has 0 fully saturated rings. The summed E-state index contributed by atoms with van der Waals surface area (Å²) in [5, 5.41) is 19.1. The number of rotatable bonds is 16. The molecule has 0 atom stereocenters. The molecule has 0 heterocycles. The van der Waals surface area contributed by atoms with Crippen LogP contribution in [0.25, 0.3) is 0 Å². The van der Waals surface area contributed by atoms with E-state index in [2.05, 4.69) is 13.8 Å². The van der Waals surface area contributed by atoms with Crippen molar-refractivity contribution in [2.45, 2.75) is 90.9 Å². The molecule has 0 radical (unpaired) electrons. The second kappa shape index (κ2) is 15.2. The van der Waals surface area contributed by atoms with Gasteiger partial charge < -0.3 is 14.6 Å². The quantitative estimate of drug-likeness (QED) is 0.325. The number of nitriles is 1. The van der Waals surface area contributed by atoms with Crippen LogP contribution in [0.2, 0.25) is 0 Å². The minimum Gasteiger partial charge on any atom is -0.506 e. The van der Waals surface area contributed by atoms with Crippen LogP contribution in [0.15, 0.2) is 12.1 Å². The molecule has 0 amide bonds. The molecule has 0 unspecified atom stereocenters. The van der Waals surface area contributed by atoms with Gasteiger partial charge in [0.1, 0.15) is 11.8 Å². The Morgan fingerprint density at radius 2 is 1.19 bits per heavy atom. The van der Waals surface area contributed by atoms with Gasteiger partial charge in [-0.05, 0) is 12.8 Å². The van der Waals surface area contributed by atoms with Crippen LogP contribution in [0.3, 0.4) is 0 Å². The molecule has 1 N–H and O–H groups in total. The van der Waals surface area contributed by atoms with Gasteiger partial charge in [-0.25, -0.2) is 0 Å². The van der Waals surface area contributed by atoms with Gasteiger partial charge in [0.15, 0.2) is 11.5 Å². The summed E-state index contributed by atoms with van der Waals surface area (Å²) in [4.78, 5) is 0. The van der Waals surface area contributed by atoms with Crippen molar-refractivity contribution >= 4 is 0 Å². The van der Waals surface area contributed by atoms with E-state index in [9.17, 15) is 5.11 Å². The monoisotopic (exact) mass is 375 g/mol. The Morgan fingerprint density at radius 3 is 1.67 bits per heavy atom. The first-order chi connectivity index (χ1) is 13.2. The molecular formula is C23H37NO3. The Kier molecular flexibility index (Phi) is 13.0. The highest BCUT2D eigenvalue weighted by Gasteiger charge is 2.12. The molecule has 0 aliphatic carbocycles. The minimum absolute atomic E-state index is 0.0534. The summed E-state index contributed by atoms with van der Waals surface area (Å²) < 4.78 is 11.7. The molecule has 27 heavy (non-hydrogen) atoms. The van der Waals surface area contributed by atoms with Crippen LogP contribution in [0.1, 0.15) is 96.5 Å².